The number of aromatic nitrogens is 2. The number of amides is 1. The topological polar surface area (TPSA) is 61.4 Å². The Morgan fingerprint density at radius 3 is 2.85 bits per heavy atom. The van der Waals surface area contributed by atoms with Crippen molar-refractivity contribution in [2.45, 2.75) is 32.5 Å². The summed E-state index contributed by atoms with van der Waals surface area (Å²) in [6.07, 6.45) is 4.38. The largest absolute Gasteiger partial charge is 0.433 e. The van der Waals surface area contributed by atoms with Gasteiger partial charge in [0.1, 0.15) is 0 Å². The van der Waals surface area contributed by atoms with Crippen LogP contribution in [-0.4, -0.2) is 45.8 Å². The average Bonchev–Trinajstić information content (AvgIpc) is 3.08. The van der Waals surface area contributed by atoms with Crippen molar-refractivity contribution < 1.29 is 18.0 Å². The summed E-state index contributed by atoms with van der Waals surface area (Å²) in [5, 5.41) is 0. The van der Waals surface area contributed by atoms with E-state index in [1.54, 1.807) is 24.3 Å². The van der Waals surface area contributed by atoms with E-state index in [4.69, 9.17) is 0 Å². The number of nitrogens with zero attached hydrogens (tertiary/aromatic N) is 3. The minimum Gasteiger partial charge on any atom is -0.347 e. The van der Waals surface area contributed by atoms with Crippen molar-refractivity contribution in [1.29, 1.82) is 0 Å². The lowest BCUT2D eigenvalue weighted by Crippen LogP contribution is -2.42. The summed E-state index contributed by atoms with van der Waals surface area (Å²) < 4.78 is 40.4. The zero-order valence-electron chi connectivity index (χ0n) is 14.3. The number of hydrogen-bond acceptors (Lipinski definition) is 3. The van der Waals surface area contributed by atoms with Gasteiger partial charge in [-0.05, 0) is 18.9 Å². The van der Waals surface area contributed by atoms with Crippen LogP contribution in [0.15, 0.2) is 46.8 Å². The Bertz CT molecular complexity index is 815. The number of halogens is 3. The van der Waals surface area contributed by atoms with Gasteiger partial charge in [0.15, 0.2) is 5.71 Å². The molecule has 5 nitrogen and oxygen atoms in total. The van der Waals surface area contributed by atoms with Crippen LogP contribution in [0.2, 0.25) is 0 Å². The van der Waals surface area contributed by atoms with Crippen molar-refractivity contribution in [3.8, 4) is 0 Å². The molecule has 1 N–H and O–H groups in total. The molecule has 2 aliphatic heterocycles. The summed E-state index contributed by atoms with van der Waals surface area (Å²) >= 11 is 0. The van der Waals surface area contributed by atoms with E-state index in [1.807, 2.05) is 6.92 Å². The minimum atomic E-state index is -4.67. The van der Waals surface area contributed by atoms with Crippen LogP contribution in [0.25, 0.3) is 0 Å². The molecule has 2 aliphatic rings. The van der Waals surface area contributed by atoms with E-state index >= 15 is 0 Å². The van der Waals surface area contributed by atoms with Crippen molar-refractivity contribution in [2.75, 3.05) is 13.1 Å². The van der Waals surface area contributed by atoms with Gasteiger partial charge < -0.3 is 9.88 Å². The first-order chi connectivity index (χ1) is 12.4. The fraction of sp³-hybridized carbons (Fsp3) is 0.389. The number of aromatic amines is 1. The number of alkyl halides is 3. The zero-order valence-corrected chi connectivity index (χ0v) is 14.3. The van der Waals surface area contributed by atoms with E-state index in [-0.39, 0.29) is 18.7 Å². The predicted octanol–water partition coefficient (Wildman–Crippen LogP) is 3.13. The van der Waals surface area contributed by atoms with Gasteiger partial charge in [0, 0.05) is 19.5 Å². The van der Waals surface area contributed by atoms with E-state index in [9.17, 15) is 18.0 Å². The maximum Gasteiger partial charge on any atom is 0.433 e. The molecule has 0 radical (unpaired) electrons. The van der Waals surface area contributed by atoms with E-state index in [0.29, 0.717) is 25.0 Å². The highest BCUT2D eigenvalue weighted by molar-refractivity contribution is 6.24. The second-order valence-electron chi connectivity index (χ2n) is 6.07. The molecule has 0 aliphatic carbocycles. The molecule has 0 spiro atoms. The number of nitrogens with one attached hydrogen (secondary N) is 1. The lowest BCUT2D eigenvalue weighted by molar-refractivity contribution is -0.128. The van der Waals surface area contributed by atoms with E-state index in [2.05, 4.69) is 15.0 Å². The van der Waals surface area contributed by atoms with Gasteiger partial charge in [-0.15, -0.1) is 0 Å². The summed E-state index contributed by atoms with van der Waals surface area (Å²) in [7, 11) is 0. The average molecular weight is 364 g/mol. The monoisotopic (exact) mass is 364 g/mol. The third-order valence-electron chi connectivity index (χ3n) is 4.35. The van der Waals surface area contributed by atoms with Crippen LogP contribution in [0.3, 0.4) is 0 Å². The number of rotatable bonds is 3. The maximum absolute atomic E-state index is 13.5. The van der Waals surface area contributed by atoms with Crippen LogP contribution in [-0.2, 0) is 17.8 Å². The number of fused-ring (bicyclic) bond motifs is 1. The number of aliphatic imine (C=N–C) groups is 1. The van der Waals surface area contributed by atoms with Gasteiger partial charge in [0.2, 0.25) is 0 Å². The Kier molecular flexibility index (Phi) is 5.11. The molecule has 1 aromatic rings. The molecule has 3 heterocycles. The number of imidazole rings is 1. The third kappa shape index (κ3) is 3.63. The zero-order chi connectivity index (χ0) is 18.7. The number of dihydropyridines is 1. The normalized spacial score (nSPS) is 18.6. The van der Waals surface area contributed by atoms with Crippen LogP contribution in [0, 0.1) is 0 Å². The number of hydrogen-bond donors (Lipinski definition) is 1. The van der Waals surface area contributed by atoms with E-state index in [0.717, 1.165) is 11.4 Å². The highest BCUT2D eigenvalue weighted by Gasteiger charge is 2.43. The van der Waals surface area contributed by atoms with Crippen LogP contribution >= 0.6 is 0 Å². The molecule has 0 fully saturated rings. The maximum atomic E-state index is 13.5. The molecule has 3 rings (SSSR count). The summed E-state index contributed by atoms with van der Waals surface area (Å²) in [5.74, 6) is -0.638. The fourth-order valence-corrected chi connectivity index (χ4v) is 3.11. The van der Waals surface area contributed by atoms with Gasteiger partial charge >= 0.3 is 6.18 Å². The minimum absolute atomic E-state index is 0.0197. The molecule has 0 bridgehead atoms. The number of H-pyrrole nitrogens is 1. The Balaban J connectivity index is 1.97. The lowest BCUT2D eigenvalue weighted by atomic mass is 9.94. The predicted molar refractivity (Wildman–Crippen MR) is 91.7 cm³/mol. The Morgan fingerprint density at radius 1 is 1.31 bits per heavy atom. The molecule has 0 unspecified atom stereocenters. The Labute approximate surface area is 149 Å². The fourth-order valence-electron chi connectivity index (χ4n) is 3.11. The highest BCUT2D eigenvalue weighted by atomic mass is 19.4. The first-order valence-corrected chi connectivity index (χ1v) is 8.36. The standard InChI is InChI=1S/C18H19F3N4O/c1-2-3-4-5-12-6-8-22-16(18(19,20)21)15(12)17(26)25-9-7-13-14(10-25)24-11-23-13/h2-5,11H,6-10H2,1H3,(H,23,24)/b3-2-,5-4-. The molecular weight excluding hydrogens is 345 g/mol. The summed E-state index contributed by atoms with van der Waals surface area (Å²) in [4.78, 5) is 25.1. The summed E-state index contributed by atoms with van der Waals surface area (Å²) in [6.45, 7) is 2.38. The molecule has 0 saturated heterocycles. The SMILES string of the molecule is C/C=C\C=C/C1=C(C(=O)N2CCc3nc[nH]c3C2)C(C(F)(F)F)=NCC1. The number of allylic oxidation sites excluding steroid dienone is 4. The van der Waals surface area contributed by atoms with Crippen LogP contribution in [0.4, 0.5) is 13.2 Å². The van der Waals surface area contributed by atoms with E-state index < -0.39 is 17.8 Å². The molecule has 26 heavy (non-hydrogen) atoms. The lowest BCUT2D eigenvalue weighted by Gasteiger charge is -2.30. The van der Waals surface area contributed by atoms with Gasteiger partial charge in [0.25, 0.3) is 5.91 Å². The van der Waals surface area contributed by atoms with Gasteiger partial charge in [-0.2, -0.15) is 13.2 Å². The first-order valence-electron chi connectivity index (χ1n) is 8.36. The number of carbonyl (C=O) groups excluding carboxylic acids is 1. The van der Waals surface area contributed by atoms with Gasteiger partial charge in [0.05, 0.1) is 29.8 Å². The molecule has 0 atom stereocenters. The third-order valence-corrected chi connectivity index (χ3v) is 4.35. The van der Waals surface area contributed by atoms with E-state index in [1.165, 1.54) is 11.2 Å². The van der Waals surface area contributed by atoms with Crippen molar-refractivity contribution >= 4 is 11.6 Å². The quantitative estimate of drug-likeness (QED) is 0.838. The van der Waals surface area contributed by atoms with Gasteiger partial charge in [-0.1, -0.05) is 24.3 Å². The van der Waals surface area contributed by atoms with Gasteiger partial charge in [-0.3, -0.25) is 9.79 Å². The van der Waals surface area contributed by atoms with Crippen molar-refractivity contribution in [2.24, 2.45) is 4.99 Å². The summed E-state index contributed by atoms with van der Waals surface area (Å²) in [5.41, 5.74) is 0.560. The highest BCUT2D eigenvalue weighted by Crippen LogP contribution is 2.31. The van der Waals surface area contributed by atoms with Gasteiger partial charge in [-0.25, -0.2) is 4.98 Å². The van der Waals surface area contributed by atoms with Crippen LogP contribution in [0.5, 0.6) is 0 Å². The molecule has 8 heteroatoms. The first kappa shape index (κ1) is 18.2. The van der Waals surface area contributed by atoms with Crippen molar-refractivity contribution in [3.63, 3.8) is 0 Å². The van der Waals surface area contributed by atoms with Crippen molar-refractivity contribution in [3.05, 3.63) is 53.2 Å². The molecule has 1 amide bonds. The molecule has 1 aromatic heterocycles. The van der Waals surface area contributed by atoms with Crippen molar-refractivity contribution in [1.82, 2.24) is 14.9 Å². The smallest absolute Gasteiger partial charge is 0.347 e. The van der Waals surface area contributed by atoms with Crippen LogP contribution < -0.4 is 0 Å². The second-order valence-corrected chi connectivity index (χ2v) is 6.07. The summed E-state index contributed by atoms with van der Waals surface area (Å²) in [6, 6.07) is 0. The number of carbonyl (C=O) groups is 1. The molecular formula is C18H19F3N4O. The Hall–Kier alpha value is -2.64. The Morgan fingerprint density at radius 2 is 2.12 bits per heavy atom. The van der Waals surface area contributed by atoms with Crippen LogP contribution in [0.1, 0.15) is 24.7 Å². The molecule has 138 valence electrons. The second kappa shape index (κ2) is 7.31. The molecule has 0 aromatic carbocycles. The molecule has 0 saturated carbocycles.